The maximum atomic E-state index is 11.1. The number of carbonyl (C=O) groups is 1. The normalized spacial score (nSPS) is 10.7. The van der Waals surface area contributed by atoms with Crippen LogP contribution in [0, 0.1) is 0 Å². The molecule has 0 saturated heterocycles. The van der Waals surface area contributed by atoms with Gasteiger partial charge in [0.25, 0.3) is 0 Å². The lowest BCUT2D eigenvalue weighted by molar-refractivity contribution is -0.114. The monoisotopic (exact) mass is 389 g/mol. The van der Waals surface area contributed by atoms with E-state index < -0.39 is 0 Å². The van der Waals surface area contributed by atoms with E-state index in [1.165, 1.54) is 18.3 Å². The van der Waals surface area contributed by atoms with Gasteiger partial charge in [0.15, 0.2) is 16.1 Å². The van der Waals surface area contributed by atoms with Gasteiger partial charge in [-0.25, -0.2) is 4.98 Å². The molecule has 3 aromatic rings. The molecule has 26 heavy (non-hydrogen) atoms. The van der Waals surface area contributed by atoms with E-state index in [0.29, 0.717) is 10.9 Å². The van der Waals surface area contributed by atoms with E-state index in [-0.39, 0.29) is 5.91 Å². The van der Waals surface area contributed by atoms with E-state index in [9.17, 15) is 4.79 Å². The molecular formula is C17H19N5O2S2. The molecule has 9 heteroatoms. The Hall–Kier alpha value is -2.39. The van der Waals surface area contributed by atoms with Crippen LogP contribution in [0.15, 0.2) is 34.8 Å². The summed E-state index contributed by atoms with van der Waals surface area (Å²) in [5, 5.41) is 14.8. The number of hydrogen-bond acceptors (Lipinski definition) is 7. The number of anilines is 1. The van der Waals surface area contributed by atoms with Crippen molar-refractivity contribution in [3.8, 4) is 17.1 Å². The Morgan fingerprint density at radius 2 is 2.15 bits per heavy atom. The van der Waals surface area contributed by atoms with Crippen molar-refractivity contribution >= 4 is 34.1 Å². The predicted molar refractivity (Wildman–Crippen MR) is 104 cm³/mol. The molecule has 1 N–H and O–H groups in total. The van der Waals surface area contributed by atoms with Gasteiger partial charge >= 0.3 is 0 Å². The molecule has 0 radical (unpaired) electrons. The summed E-state index contributed by atoms with van der Waals surface area (Å²) in [5.41, 5.74) is 1.81. The highest BCUT2D eigenvalue weighted by Gasteiger charge is 2.16. The van der Waals surface area contributed by atoms with Crippen LogP contribution in [0.5, 0.6) is 5.75 Å². The first kappa shape index (κ1) is 18.4. The molecule has 0 unspecified atom stereocenters. The lowest BCUT2D eigenvalue weighted by Crippen LogP contribution is -2.05. The molecule has 136 valence electrons. The minimum atomic E-state index is -0.120. The fourth-order valence-corrected chi connectivity index (χ4v) is 4.19. The number of nitrogens with zero attached hydrogens (tertiary/aromatic N) is 4. The SMILES string of the molecule is CCn1c(SCc2csc(NC(C)=O)n2)nnc1-c1ccccc1OC. The highest BCUT2D eigenvalue weighted by molar-refractivity contribution is 7.98. The van der Waals surface area contributed by atoms with Gasteiger partial charge < -0.3 is 14.6 Å². The molecule has 0 spiro atoms. The van der Waals surface area contributed by atoms with Gasteiger partial charge in [0.05, 0.1) is 18.4 Å². The lowest BCUT2D eigenvalue weighted by atomic mass is 10.2. The van der Waals surface area contributed by atoms with E-state index in [1.54, 1.807) is 18.9 Å². The van der Waals surface area contributed by atoms with Crippen molar-refractivity contribution in [2.24, 2.45) is 0 Å². The molecule has 0 saturated carbocycles. The Balaban J connectivity index is 1.78. The number of amides is 1. The second-order valence-electron chi connectivity index (χ2n) is 5.36. The maximum absolute atomic E-state index is 11.1. The van der Waals surface area contributed by atoms with Crippen LogP contribution < -0.4 is 10.1 Å². The van der Waals surface area contributed by atoms with E-state index in [0.717, 1.165) is 34.5 Å². The summed E-state index contributed by atoms with van der Waals surface area (Å²) in [6.07, 6.45) is 0. The van der Waals surface area contributed by atoms with E-state index in [4.69, 9.17) is 4.74 Å². The number of ether oxygens (including phenoxy) is 1. The standard InChI is InChI=1S/C17H19N5O2S2/c1-4-22-15(13-7-5-6-8-14(13)24-3)20-21-17(22)26-10-12-9-25-16(19-12)18-11(2)23/h5-9H,4,10H2,1-3H3,(H,18,19,23). The molecule has 7 nitrogen and oxygen atoms in total. The van der Waals surface area contributed by atoms with Crippen molar-refractivity contribution in [1.29, 1.82) is 0 Å². The van der Waals surface area contributed by atoms with Gasteiger partial charge in [-0.3, -0.25) is 4.79 Å². The Morgan fingerprint density at radius 3 is 2.88 bits per heavy atom. The quantitative estimate of drug-likeness (QED) is 0.621. The second-order valence-corrected chi connectivity index (χ2v) is 7.17. The first-order chi connectivity index (χ1) is 12.6. The van der Waals surface area contributed by atoms with Gasteiger partial charge in [-0.15, -0.1) is 21.5 Å². The Kier molecular flexibility index (Phi) is 5.89. The molecular weight excluding hydrogens is 370 g/mol. The molecule has 1 amide bonds. The molecule has 0 aliphatic carbocycles. The van der Waals surface area contributed by atoms with Crippen LogP contribution in [0.25, 0.3) is 11.4 Å². The zero-order valence-corrected chi connectivity index (χ0v) is 16.4. The number of thioether (sulfide) groups is 1. The number of para-hydroxylation sites is 1. The van der Waals surface area contributed by atoms with E-state index >= 15 is 0 Å². The summed E-state index contributed by atoms with van der Waals surface area (Å²) >= 11 is 2.98. The highest BCUT2D eigenvalue weighted by Crippen LogP contribution is 2.32. The largest absolute Gasteiger partial charge is 0.496 e. The van der Waals surface area contributed by atoms with Gasteiger partial charge in [0.2, 0.25) is 5.91 Å². The number of carbonyl (C=O) groups excluding carboxylic acids is 1. The third-order valence-corrected chi connectivity index (χ3v) is 5.37. The number of rotatable bonds is 7. The maximum Gasteiger partial charge on any atom is 0.223 e. The van der Waals surface area contributed by atoms with Crippen LogP contribution in [-0.2, 0) is 17.1 Å². The van der Waals surface area contributed by atoms with Gasteiger partial charge in [-0.1, -0.05) is 23.9 Å². The molecule has 0 aliphatic rings. The van der Waals surface area contributed by atoms with Gasteiger partial charge in [0, 0.05) is 24.6 Å². The summed E-state index contributed by atoms with van der Waals surface area (Å²) < 4.78 is 7.50. The van der Waals surface area contributed by atoms with Crippen molar-refractivity contribution in [2.45, 2.75) is 31.3 Å². The Morgan fingerprint density at radius 1 is 1.35 bits per heavy atom. The molecule has 2 aromatic heterocycles. The van der Waals surface area contributed by atoms with Gasteiger partial charge in [-0.05, 0) is 19.1 Å². The second kappa shape index (κ2) is 8.33. The zero-order valence-electron chi connectivity index (χ0n) is 14.7. The smallest absolute Gasteiger partial charge is 0.223 e. The Bertz CT molecular complexity index is 906. The number of methoxy groups -OCH3 is 1. The first-order valence-corrected chi connectivity index (χ1v) is 9.90. The van der Waals surface area contributed by atoms with Crippen LogP contribution in [0.4, 0.5) is 5.13 Å². The van der Waals surface area contributed by atoms with Gasteiger partial charge in [-0.2, -0.15) is 0 Å². The summed E-state index contributed by atoms with van der Waals surface area (Å²) in [6.45, 7) is 4.28. The molecule has 0 bridgehead atoms. The van der Waals surface area contributed by atoms with Gasteiger partial charge in [0.1, 0.15) is 5.75 Å². The van der Waals surface area contributed by atoms with Crippen LogP contribution >= 0.6 is 23.1 Å². The lowest BCUT2D eigenvalue weighted by Gasteiger charge is -2.10. The topological polar surface area (TPSA) is 81.9 Å². The van der Waals surface area contributed by atoms with Crippen molar-refractivity contribution in [1.82, 2.24) is 19.7 Å². The first-order valence-electron chi connectivity index (χ1n) is 8.03. The predicted octanol–water partition coefficient (Wildman–Crippen LogP) is 3.68. The van der Waals surface area contributed by atoms with Crippen LogP contribution in [0.1, 0.15) is 19.5 Å². The molecule has 0 atom stereocenters. The Labute approximate surface area is 159 Å². The van der Waals surface area contributed by atoms with E-state index in [1.807, 2.05) is 29.6 Å². The minimum Gasteiger partial charge on any atom is -0.496 e. The number of nitrogens with one attached hydrogen (secondary N) is 1. The number of benzene rings is 1. The highest BCUT2D eigenvalue weighted by atomic mass is 32.2. The van der Waals surface area contributed by atoms with Crippen LogP contribution in [0.3, 0.4) is 0 Å². The summed E-state index contributed by atoms with van der Waals surface area (Å²) in [5.74, 6) is 2.08. The van der Waals surface area contributed by atoms with Crippen molar-refractivity contribution in [3.63, 3.8) is 0 Å². The van der Waals surface area contributed by atoms with Crippen molar-refractivity contribution in [2.75, 3.05) is 12.4 Å². The average Bonchev–Trinajstić information content (AvgIpc) is 3.25. The van der Waals surface area contributed by atoms with E-state index in [2.05, 4.69) is 32.0 Å². The van der Waals surface area contributed by atoms with Crippen LogP contribution in [0.2, 0.25) is 0 Å². The molecule has 3 rings (SSSR count). The van der Waals surface area contributed by atoms with Crippen LogP contribution in [-0.4, -0.2) is 32.8 Å². The molecule has 0 aliphatic heterocycles. The third kappa shape index (κ3) is 4.05. The fourth-order valence-electron chi connectivity index (χ4n) is 2.43. The molecule has 0 fully saturated rings. The third-order valence-electron chi connectivity index (χ3n) is 3.56. The molecule has 1 aromatic carbocycles. The zero-order chi connectivity index (χ0) is 18.5. The number of hydrogen-bond donors (Lipinski definition) is 1. The number of aromatic nitrogens is 4. The number of thiazole rings is 1. The molecule has 2 heterocycles. The van der Waals surface area contributed by atoms with Crippen molar-refractivity contribution < 1.29 is 9.53 Å². The summed E-state index contributed by atoms with van der Waals surface area (Å²) in [4.78, 5) is 15.5. The minimum absolute atomic E-state index is 0.120. The fraction of sp³-hybridized carbons (Fsp3) is 0.294. The average molecular weight is 390 g/mol. The summed E-state index contributed by atoms with van der Waals surface area (Å²) in [7, 11) is 1.65. The van der Waals surface area contributed by atoms with Crippen molar-refractivity contribution in [3.05, 3.63) is 35.3 Å². The summed E-state index contributed by atoms with van der Waals surface area (Å²) in [6, 6.07) is 7.77.